The van der Waals surface area contributed by atoms with Crippen molar-refractivity contribution in [3.8, 4) is 0 Å². The van der Waals surface area contributed by atoms with E-state index in [1.54, 1.807) is 12.1 Å². The van der Waals surface area contributed by atoms with Gasteiger partial charge in [-0.15, -0.1) is 11.8 Å². The molecule has 0 aliphatic rings. The van der Waals surface area contributed by atoms with Crippen molar-refractivity contribution in [3.63, 3.8) is 0 Å². The van der Waals surface area contributed by atoms with Crippen molar-refractivity contribution in [3.05, 3.63) is 69.5 Å². The third-order valence-corrected chi connectivity index (χ3v) is 5.18. The minimum absolute atomic E-state index is 0.218. The highest BCUT2D eigenvalue weighted by atomic mass is 32.2. The number of aliphatic hydroxyl groups excluding tert-OH is 1. The van der Waals surface area contributed by atoms with Crippen LogP contribution in [0.3, 0.4) is 0 Å². The Labute approximate surface area is 140 Å². The van der Waals surface area contributed by atoms with E-state index in [9.17, 15) is 24.2 Å². The molecule has 0 radical (unpaired) electrons. The maximum Gasteiger partial charge on any atom is 0.358 e. The van der Waals surface area contributed by atoms with Crippen molar-refractivity contribution in [2.24, 2.45) is 0 Å². The average Bonchev–Trinajstić information content (AvgIpc) is 2.52. The van der Waals surface area contributed by atoms with E-state index in [1.165, 1.54) is 24.3 Å². The van der Waals surface area contributed by atoms with Crippen molar-refractivity contribution in [2.45, 2.75) is 16.5 Å². The van der Waals surface area contributed by atoms with E-state index < -0.39 is 24.2 Å². The molecule has 0 fully saturated rings. The van der Waals surface area contributed by atoms with Crippen molar-refractivity contribution in [2.75, 3.05) is 0 Å². The highest BCUT2D eigenvalue weighted by Gasteiger charge is 2.31. The van der Waals surface area contributed by atoms with Crippen LogP contribution in [0.15, 0.2) is 47.4 Å². The van der Waals surface area contributed by atoms with Gasteiger partial charge in [0.1, 0.15) is 5.82 Å². The van der Waals surface area contributed by atoms with Gasteiger partial charge in [0.15, 0.2) is 5.85 Å². The van der Waals surface area contributed by atoms with Gasteiger partial charge in [-0.05, 0) is 23.8 Å². The largest absolute Gasteiger partial charge is 0.376 e. The fourth-order valence-electron chi connectivity index (χ4n) is 1.91. The molecule has 0 aromatic heterocycles. The lowest BCUT2D eigenvalue weighted by Crippen LogP contribution is -2.02. The Morgan fingerprint density at radius 3 is 2.38 bits per heavy atom. The summed E-state index contributed by atoms with van der Waals surface area (Å²) in [7, 11) is -4.89. The Hall–Kier alpha value is -1.77. The average molecular weight is 373 g/mol. The van der Waals surface area contributed by atoms with E-state index in [-0.39, 0.29) is 11.3 Å². The Balaban J connectivity index is 2.32. The summed E-state index contributed by atoms with van der Waals surface area (Å²) < 4.78 is 24.2. The zero-order valence-electron chi connectivity index (χ0n) is 12.1. The number of benzene rings is 2. The first-order valence-corrected chi connectivity index (χ1v) is 9.24. The third-order valence-electron chi connectivity index (χ3n) is 3.11. The summed E-state index contributed by atoms with van der Waals surface area (Å²) in [6.07, 6.45) is 0. The number of thioether (sulfide) groups is 1. The van der Waals surface area contributed by atoms with Gasteiger partial charge in [-0.2, -0.15) is 0 Å². The molecule has 2 aromatic carbocycles. The van der Waals surface area contributed by atoms with Crippen LogP contribution in [0.25, 0.3) is 0 Å². The van der Waals surface area contributed by atoms with Gasteiger partial charge in [0, 0.05) is 28.3 Å². The van der Waals surface area contributed by atoms with Gasteiger partial charge in [0.2, 0.25) is 0 Å². The predicted octanol–water partition coefficient (Wildman–Crippen LogP) is 3.19. The molecule has 10 heteroatoms. The Bertz CT molecular complexity index is 794. The Kier molecular flexibility index (Phi) is 5.74. The van der Waals surface area contributed by atoms with Crippen LogP contribution in [0.1, 0.15) is 17.0 Å². The van der Waals surface area contributed by atoms with E-state index in [1.807, 2.05) is 0 Å². The van der Waals surface area contributed by atoms with Gasteiger partial charge in [0.05, 0.1) is 4.92 Å². The number of halogens is 1. The summed E-state index contributed by atoms with van der Waals surface area (Å²) >= 11 is 1.12. The molecule has 3 N–H and O–H groups in total. The van der Waals surface area contributed by atoms with Crippen LogP contribution in [-0.2, 0) is 10.3 Å². The Morgan fingerprint density at radius 1 is 1.21 bits per heavy atom. The zero-order valence-corrected chi connectivity index (χ0v) is 13.8. The molecular formula is C14H13FNO6PS. The predicted molar refractivity (Wildman–Crippen MR) is 86.1 cm³/mol. The first kappa shape index (κ1) is 18.6. The number of nitro groups is 1. The van der Waals surface area contributed by atoms with Crippen LogP contribution < -0.4 is 0 Å². The quantitative estimate of drug-likeness (QED) is 0.308. The molecule has 1 unspecified atom stereocenters. The number of nitrogens with zero attached hydrogens (tertiary/aromatic N) is 1. The van der Waals surface area contributed by atoms with Gasteiger partial charge in [-0.3, -0.25) is 14.7 Å². The molecule has 0 heterocycles. The van der Waals surface area contributed by atoms with E-state index in [2.05, 4.69) is 0 Å². The summed E-state index contributed by atoms with van der Waals surface area (Å²) in [5, 5.41) is 20.7. The molecule has 1 atom stereocenters. The second-order valence-electron chi connectivity index (χ2n) is 4.86. The van der Waals surface area contributed by atoms with Gasteiger partial charge >= 0.3 is 7.60 Å². The lowest BCUT2D eigenvalue weighted by molar-refractivity contribution is -0.385. The van der Waals surface area contributed by atoms with E-state index in [0.29, 0.717) is 10.6 Å². The van der Waals surface area contributed by atoms with Crippen molar-refractivity contribution < 1.29 is 28.8 Å². The summed E-state index contributed by atoms with van der Waals surface area (Å²) in [6, 6.07) is 9.09. The molecule has 128 valence electrons. The molecule has 0 spiro atoms. The lowest BCUT2D eigenvalue weighted by Gasteiger charge is -2.16. The van der Waals surface area contributed by atoms with Gasteiger partial charge in [0.25, 0.3) is 5.69 Å². The first-order chi connectivity index (χ1) is 11.2. The van der Waals surface area contributed by atoms with Crippen molar-refractivity contribution in [1.82, 2.24) is 0 Å². The molecule has 2 aromatic rings. The van der Waals surface area contributed by atoms with E-state index in [4.69, 9.17) is 9.79 Å². The summed E-state index contributed by atoms with van der Waals surface area (Å²) in [5.74, 6) is -2.22. The topological polar surface area (TPSA) is 121 Å². The molecule has 0 amide bonds. The molecular weight excluding hydrogens is 360 g/mol. The standard InChI is InChI=1S/C14H13FNO6PS/c15-10-3-1-9(2-4-10)8-24-13-6-5-11(16(18)19)7-12(13)14(17)23(20,21)22/h1-7,14,17H,8H2,(H2,20,21,22). The molecule has 2 rings (SSSR count). The zero-order chi connectivity index (χ0) is 17.9. The second-order valence-corrected chi connectivity index (χ2v) is 7.54. The van der Waals surface area contributed by atoms with Crippen LogP contribution in [0.4, 0.5) is 10.1 Å². The minimum atomic E-state index is -4.89. The highest BCUT2D eigenvalue weighted by Crippen LogP contribution is 2.52. The maximum absolute atomic E-state index is 12.9. The van der Waals surface area contributed by atoms with Gasteiger partial charge in [-0.25, -0.2) is 4.39 Å². The van der Waals surface area contributed by atoms with Gasteiger partial charge < -0.3 is 14.9 Å². The van der Waals surface area contributed by atoms with Crippen molar-refractivity contribution in [1.29, 1.82) is 0 Å². The molecule has 0 aliphatic carbocycles. The second kappa shape index (κ2) is 7.42. The monoisotopic (exact) mass is 373 g/mol. The molecule has 24 heavy (non-hydrogen) atoms. The van der Waals surface area contributed by atoms with Crippen LogP contribution in [0.2, 0.25) is 0 Å². The number of aliphatic hydroxyl groups is 1. The smallest absolute Gasteiger partial charge is 0.358 e. The van der Waals surface area contributed by atoms with Crippen LogP contribution in [-0.4, -0.2) is 19.8 Å². The van der Waals surface area contributed by atoms with E-state index >= 15 is 0 Å². The summed E-state index contributed by atoms with van der Waals surface area (Å²) in [6.45, 7) is 0. The molecule has 0 saturated heterocycles. The number of rotatable bonds is 6. The van der Waals surface area contributed by atoms with Crippen LogP contribution >= 0.6 is 19.4 Å². The lowest BCUT2D eigenvalue weighted by atomic mass is 10.2. The van der Waals surface area contributed by atoms with Crippen molar-refractivity contribution >= 4 is 25.0 Å². The molecule has 0 saturated carbocycles. The third kappa shape index (κ3) is 4.62. The number of non-ortho nitro benzene ring substituents is 1. The number of hydrogen-bond donors (Lipinski definition) is 3. The maximum atomic E-state index is 12.9. The van der Waals surface area contributed by atoms with Crippen LogP contribution in [0.5, 0.6) is 0 Å². The highest BCUT2D eigenvalue weighted by molar-refractivity contribution is 7.98. The van der Waals surface area contributed by atoms with Crippen LogP contribution in [0, 0.1) is 15.9 Å². The summed E-state index contributed by atoms with van der Waals surface area (Å²) in [4.78, 5) is 28.7. The SMILES string of the molecule is O=[N+]([O-])c1ccc(SCc2ccc(F)cc2)c(C(O)P(=O)(O)O)c1. The fourth-order valence-corrected chi connectivity index (χ4v) is 3.58. The minimum Gasteiger partial charge on any atom is -0.376 e. The number of hydrogen-bond acceptors (Lipinski definition) is 5. The molecule has 7 nitrogen and oxygen atoms in total. The fraction of sp³-hybridized carbons (Fsp3) is 0.143. The van der Waals surface area contributed by atoms with Gasteiger partial charge in [-0.1, -0.05) is 12.1 Å². The summed E-state index contributed by atoms with van der Waals surface area (Å²) in [5.41, 5.74) is 0.143. The molecule has 0 bridgehead atoms. The number of nitro benzene ring substituents is 1. The normalized spacial score (nSPS) is 12.8. The molecule has 0 aliphatic heterocycles. The first-order valence-electron chi connectivity index (χ1n) is 6.57. The Morgan fingerprint density at radius 2 is 1.83 bits per heavy atom. The van der Waals surface area contributed by atoms with E-state index in [0.717, 1.165) is 23.4 Å².